The minimum Gasteiger partial charge on any atom is -0.393 e. The molecule has 0 amide bonds. The van der Waals surface area contributed by atoms with Crippen LogP contribution in [-0.2, 0) is 0 Å². The topological polar surface area (TPSA) is 32.3 Å². The summed E-state index contributed by atoms with van der Waals surface area (Å²) in [6, 6.07) is 0. The highest BCUT2D eigenvalue weighted by Crippen LogP contribution is 2.24. The van der Waals surface area contributed by atoms with E-state index in [2.05, 4.69) is 17.5 Å². The average molecular weight is 223 g/mol. The van der Waals surface area contributed by atoms with E-state index in [1.54, 1.807) is 0 Å². The SMILES string of the molecule is OC1CCCCC1CNCC1CC=CCC1. The Balaban J connectivity index is 1.61. The minimum atomic E-state index is -0.0486. The normalized spacial score (nSPS) is 35.2. The summed E-state index contributed by atoms with van der Waals surface area (Å²) in [5.41, 5.74) is 0. The van der Waals surface area contributed by atoms with Crippen LogP contribution in [0.3, 0.4) is 0 Å². The van der Waals surface area contributed by atoms with Gasteiger partial charge in [-0.15, -0.1) is 0 Å². The number of aliphatic hydroxyl groups excluding tert-OH is 1. The van der Waals surface area contributed by atoms with Gasteiger partial charge in [-0.25, -0.2) is 0 Å². The van der Waals surface area contributed by atoms with Crippen molar-refractivity contribution >= 4 is 0 Å². The van der Waals surface area contributed by atoms with Crippen molar-refractivity contribution < 1.29 is 5.11 Å². The molecule has 3 unspecified atom stereocenters. The van der Waals surface area contributed by atoms with Gasteiger partial charge < -0.3 is 10.4 Å². The van der Waals surface area contributed by atoms with Gasteiger partial charge in [0.05, 0.1) is 6.10 Å². The Kier molecular flexibility index (Phi) is 4.86. The number of hydrogen-bond acceptors (Lipinski definition) is 2. The molecule has 2 rings (SSSR count). The number of nitrogens with one attached hydrogen (secondary N) is 1. The molecule has 2 aliphatic rings. The monoisotopic (exact) mass is 223 g/mol. The largest absolute Gasteiger partial charge is 0.393 e. The van der Waals surface area contributed by atoms with E-state index in [1.165, 1.54) is 38.5 Å². The molecule has 0 heterocycles. The summed E-state index contributed by atoms with van der Waals surface area (Å²) < 4.78 is 0. The van der Waals surface area contributed by atoms with Crippen LogP contribution in [0.4, 0.5) is 0 Å². The maximum atomic E-state index is 9.85. The summed E-state index contributed by atoms with van der Waals surface area (Å²) in [7, 11) is 0. The zero-order chi connectivity index (χ0) is 11.2. The first-order valence-corrected chi connectivity index (χ1v) is 6.90. The molecule has 0 aromatic rings. The Labute approximate surface area is 99.1 Å². The zero-order valence-electron chi connectivity index (χ0n) is 10.2. The zero-order valence-corrected chi connectivity index (χ0v) is 10.2. The molecule has 3 atom stereocenters. The van der Waals surface area contributed by atoms with Gasteiger partial charge in [0.15, 0.2) is 0 Å². The number of hydrogen-bond donors (Lipinski definition) is 2. The van der Waals surface area contributed by atoms with Crippen LogP contribution < -0.4 is 5.32 Å². The predicted molar refractivity (Wildman–Crippen MR) is 67.3 cm³/mol. The van der Waals surface area contributed by atoms with Crippen molar-refractivity contribution in [3.05, 3.63) is 12.2 Å². The smallest absolute Gasteiger partial charge is 0.0580 e. The van der Waals surface area contributed by atoms with Crippen molar-refractivity contribution in [1.82, 2.24) is 5.32 Å². The molecule has 1 fully saturated rings. The van der Waals surface area contributed by atoms with Crippen molar-refractivity contribution in [2.45, 2.75) is 51.0 Å². The van der Waals surface area contributed by atoms with Crippen LogP contribution in [0.5, 0.6) is 0 Å². The number of rotatable bonds is 4. The van der Waals surface area contributed by atoms with Crippen LogP contribution in [0, 0.1) is 11.8 Å². The maximum absolute atomic E-state index is 9.85. The fourth-order valence-electron chi connectivity index (χ4n) is 2.94. The third-order valence-corrected chi connectivity index (χ3v) is 4.09. The van der Waals surface area contributed by atoms with Crippen LogP contribution in [-0.4, -0.2) is 24.3 Å². The second-order valence-electron chi connectivity index (χ2n) is 5.42. The third kappa shape index (κ3) is 3.60. The Morgan fingerprint density at radius 1 is 1.06 bits per heavy atom. The lowest BCUT2D eigenvalue weighted by atomic mass is 9.86. The fourth-order valence-corrected chi connectivity index (χ4v) is 2.94. The van der Waals surface area contributed by atoms with Gasteiger partial charge in [-0.1, -0.05) is 25.0 Å². The Morgan fingerprint density at radius 3 is 2.69 bits per heavy atom. The van der Waals surface area contributed by atoms with E-state index >= 15 is 0 Å². The minimum absolute atomic E-state index is 0.0486. The highest BCUT2D eigenvalue weighted by molar-refractivity contribution is 4.90. The summed E-state index contributed by atoms with van der Waals surface area (Å²) in [6.07, 6.45) is 13.1. The van der Waals surface area contributed by atoms with Gasteiger partial charge in [-0.2, -0.15) is 0 Å². The van der Waals surface area contributed by atoms with Crippen LogP contribution in [0.1, 0.15) is 44.9 Å². The van der Waals surface area contributed by atoms with Gasteiger partial charge in [0, 0.05) is 6.54 Å². The summed E-state index contributed by atoms with van der Waals surface area (Å²) >= 11 is 0. The van der Waals surface area contributed by atoms with Crippen molar-refractivity contribution in [2.24, 2.45) is 11.8 Å². The lowest BCUT2D eigenvalue weighted by Crippen LogP contribution is -2.36. The van der Waals surface area contributed by atoms with Crippen LogP contribution in [0.25, 0.3) is 0 Å². The lowest BCUT2D eigenvalue weighted by Gasteiger charge is -2.28. The van der Waals surface area contributed by atoms with E-state index in [1.807, 2.05) is 0 Å². The first-order chi connectivity index (χ1) is 7.86. The molecule has 92 valence electrons. The third-order valence-electron chi connectivity index (χ3n) is 4.09. The summed E-state index contributed by atoms with van der Waals surface area (Å²) in [6.45, 7) is 2.15. The Hall–Kier alpha value is -0.340. The molecule has 0 radical (unpaired) electrons. The van der Waals surface area contributed by atoms with E-state index < -0.39 is 0 Å². The molecule has 1 saturated carbocycles. The van der Waals surface area contributed by atoms with E-state index in [0.29, 0.717) is 5.92 Å². The molecule has 0 aromatic carbocycles. The highest BCUT2D eigenvalue weighted by atomic mass is 16.3. The molecule has 2 N–H and O–H groups in total. The average Bonchev–Trinajstić information content (AvgIpc) is 2.33. The molecule has 2 nitrogen and oxygen atoms in total. The van der Waals surface area contributed by atoms with Gasteiger partial charge in [-0.05, 0) is 50.5 Å². The van der Waals surface area contributed by atoms with Crippen molar-refractivity contribution in [3.63, 3.8) is 0 Å². The first kappa shape index (κ1) is 12.1. The summed E-state index contributed by atoms with van der Waals surface area (Å²) in [5, 5.41) is 13.4. The Morgan fingerprint density at radius 2 is 1.94 bits per heavy atom. The van der Waals surface area contributed by atoms with Crippen molar-refractivity contribution in [3.8, 4) is 0 Å². The second-order valence-corrected chi connectivity index (χ2v) is 5.42. The first-order valence-electron chi connectivity index (χ1n) is 6.90. The molecule has 0 bridgehead atoms. The van der Waals surface area contributed by atoms with Gasteiger partial charge in [0.1, 0.15) is 0 Å². The van der Waals surface area contributed by atoms with E-state index in [4.69, 9.17) is 0 Å². The second kappa shape index (κ2) is 6.41. The predicted octanol–water partition coefficient (Wildman–Crippen LogP) is 2.48. The molecule has 0 aliphatic heterocycles. The maximum Gasteiger partial charge on any atom is 0.0580 e. The molecule has 2 heteroatoms. The molecule has 0 spiro atoms. The standard InChI is InChI=1S/C14H25NO/c16-14-9-5-4-8-13(14)11-15-10-12-6-2-1-3-7-12/h1-2,12-16H,3-11H2. The van der Waals surface area contributed by atoms with Gasteiger partial charge in [-0.3, -0.25) is 0 Å². The van der Waals surface area contributed by atoms with Gasteiger partial charge >= 0.3 is 0 Å². The summed E-state index contributed by atoms with van der Waals surface area (Å²) in [4.78, 5) is 0. The van der Waals surface area contributed by atoms with Crippen molar-refractivity contribution in [1.29, 1.82) is 0 Å². The molecule has 16 heavy (non-hydrogen) atoms. The molecule has 0 saturated heterocycles. The molecule has 2 aliphatic carbocycles. The molecular formula is C14H25NO. The van der Waals surface area contributed by atoms with E-state index in [-0.39, 0.29) is 6.10 Å². The fraction of sp³-hybridized carbons (Fsp3) is 0.857. The van der Waals surface area contributed by atoms with E-state index in [0.717, 1.165) is 25.4 Å². The Bertz CT molecular complexity index is 227. The van der Waals surface area contributed by atoms with Crippen LogP contribution >= 0.6 is 0 Å². The van der Waals surface area contributed by atoms with E-state index in [9.17, 15) is 5.11 Å². The molecule has 0 aromatic heterocycles. The number of aliphatic hydroxyl groups is 1. The molecular weight excluding hydrogens is 198 g/mol. The lowest BCUT2D eigenvalue weighted by molar-refractivity contribution is 0.0691. The quantitative estimate of drug-likeness (QED) is 0.718. The number of allylic oxidation sites excluding steroid dienone is 2. The van der Waals surface area contributed by atoms with Crippen molar-refractivity contribution in [2.75, 3.05) is 13.1 Å². The van der Waals surface area contributed by atoms with Crippen LogP contribution in [0.2, 0.25) is 0 Å². The van der Waals surface area contributed by atoms with Gasteiger partial charge in [0.25, 0.3) is 0 Å². The summed E-state index contributed by atoms with van der Waals surface area (Å²) in [5.74, 6) is 1.33. The van der Waals surface area contributed by atoms with Gasteiger partial charge in [0.2, 0.25) is 0 Å². The highest BCUT2D eigenvalue weighted by Gasteiger charge is 2.22. The van der Waals surface area contributed by atoms with Crippen LogP contribution in [0.15, 0.2) is 12.2 Å².